The standard InChI is InChI=1S/C15H13Cl2FO3/c1-20-14-6-9(7-19)5-12(17)15(14)21-8-10-11(16)3-2-4-13(10)18/h2-6,19H,7-8H2,1H3. The Hall–Kier alpha value is -1.49. The van der Waals surface area contributed by atoms with Crippen LogP contribution in [0.1, 0.15) is 11.1 Å². The first kappa shape index (κ1) is 15.9. The van der Waals surface area contributed by atoms with Crippen LogP contribution in [0.15, 0.2) is 30.3 Å². The normalized spacial score (nSPS) is 10.5. The van der Waals surface area contributed by atoms with Crippen molar-refractivity contribution in [3.05, 3.63) is 57.3 Å². The summed E-state index contributed by atoms with van der Waals surface area (Å²) in [5.74, 6) is 0.180. The van der Waals surface area contributed by atoms with E-state index in [1.54, 1.807) is 18.2 Å². The first-order valence-corrected chi connectivity index (χ1v) is 6.85. The Morgan fingerprint density at radius 1 is 1.19 bits per heavy atom. The zero-order chi connectivity index (χ0) is 15.4. The second-order valence-corrected chi connectivity index (χ2v) is 5.07. The lowest BCUT2D eigenvalue weighted by molar-refractivity contribution is 0.272. The summed E-state index contributed by atoms with van der Waals surface area (Å²) in [4.78, 5) is 0. The van der Waals surface area contributed by atoms with Gasteiger partial charge in [-0.15, -0.1) is 0 Å². The van der Waals surface area contributed by atoms with Crippen molar-refractivity contribution in [1.29, 1.82) is 0 Å². The molecule has 0 spiro atoms. The van der Waals surface area contributed by atoms with Crippen LogP contribution in [0.2, 0.25) is 10.0 Å². The van der Waals surface area contributed by atoms with E-state index in [0.717, 1.165) is 0 Å². The molecule has 0 saturated carbocycles. The summed E-state index contributed by atoms with van der Waals surface area (Å²) in [6, 6.07) is 7.56. The number of benzene rings is 2. The molecule has 0 aliphatic rings. The van der Waals surface area contributed by atoms with Gasteiger partial charge < -0.3 is 14.6 Å². The summed E-state index contributed by atoms with van der Waals surface area (Å²) >= 11 is 12.0. The van der Waals surface area contributed by atoms with E-state index in [2.05, 4.69) is 0 Å². The summed E-state index contributed by atoms with van der Waals surface area (Å²) < 4.78 is 24.4. The SMILES string of the molecule is COc1cc(CO)cc(Cl)c1OCc1c(F)cccc1Cl. The van der Waals surface area contributed by atoms with Gasteiger partial charge in [0.2, 0.25) is 0 Å². The van der Waals surface area contributed by atoms with Crippen LogP contribution >= 0.6 is 23.2 Å². The van der Waals surface area contributed by atoms with Gasteiger partial charge in [0, 0.05) is 5.56 Å². The van der Waals surface area contributed by atoms with E-state index in [-0.39, 0.29) is 34.6 Å². The van der Waals surface area contributed by atoms with Crippen LogP contribution in [0.5, 0.6) is 11.5 Å². The predicted octanol–water partition coefficient (Wildman–Crippen LogP) is 4.21. The number of aliphatic hydroxyl groups is 1. The Morgan fingerprint density at radius 2 is 1.95 bits per heavy atom. The molecule has 0 fully saturated rings. The lowest BCUT2D eigenvalue weighted by Gasteiger charge is -2.14. The Bertz CT molecular complexity index is 627. The zero-order valence-corrected chi connectivity index (χ0v) is 12.7. The van der Waals surface area contributed by atoms with Crippen LogP contribution in [0.3, 0.4) is 0 Å². The third-order valence-corrected chi connectivity index (χ3v) is 3.53. The Labute approximate surface area is 131 Å². The van der Waals surface area contributed by atoms with E-state index in [0.29, 0.717) is 11.3 Å². The number of aliphatic hydroxyl groups excluding tert-OH is 1. The van der Waals surface area contributed by atoms with Crippen molar-refractivity contribution >= 4 is 23.2 Å². The maximum atomic E-state index is 13.7. The van der Waals surface area contributed by atoms with Crippen molar-refractivity contribution < 1.29 is 19.0 Å². The van der Waals surface area contributed by atoms with E-state index >= 15 is 0 Å². The van der Waals surface area contributed by atoms with Gasteiger partial charge >= 0.3 is 0 Å². The molecule has 0 amide bonds. The number of hydrogen-bond acceptors (Lipinski definition) is 3. The molecule has 0 saturated heterocycles. The molecular weight excluding hydrogens is 318 g/mol. The summed E-state index contributed by atoms with van der Waals surface area (Å²) in [5.41, 5.74) is 0.830. The fraction of sp³-hybridized carbons (Fsp3) is 0.200. The van der Waals surface area contributed by atoms with Crippen molar-refractivity contribution in [2.75, 3.05) is 7.11 Å². The molecule has 2 aromatic carbocycles. The third-order valence-electron chi connectivity index (χ3n) is 2.89. The minimum absolute atomic E-state index is 0.0833. The highest BCUT2D eigenvalue weighted by Crippen LogP contribution is 2.37. The molecule has 3 nitrogen and oxygen atoms in total. The average molecular weight is 331 g/mol. The molecule has 1 N–H and O–H groups in total. The largest absolute Gasteiger partial charge is 0.493 e. The summed E-state index contributed by atoms with van der Waals surface area (Å²) in [5, 5.41) is 9.68. The van der Waals surface area contributed by atoms with Crippen LogP contribution in [0.25, 0.3) is 0 Å². The summed E-state index contributed by atoms with van der Waals surface area (Å²) in [6.07, 6.45) is 0. The molecule has 2 rings (SSSR count). The fourth-order valence-electron chi connectivity index (χ4n) is 1.82. The van der Waals surface area contributed by atoms with Crippen LogP contribution < -0.4 is 9.47 Å². The van der Waals surface area contributed by atoms with E-state index < -0.39 is 5.82 Å². The Kier molecular flexibility index (Phi) is 5.28. The van der Waals surface area contributed by atoms with Crippen molar-refractivity contribution in [3.63, 3.8) is 0 Å². The molecule has 0 radical (unpaired) electrons. The number of methoxy groups -OCH3 is 1. The maximum absolute atomic E-state index is 13.7. The number of hydrogen-bond donors (Lipinski definition) is 1. The summed E-state index contributed by atoms with van der Waals surface area (Å²) in [6.45, 7) is -0.254. The first-order chi connectivity index (χ1) is 10.1. The maximum Gasteiger partial charge on any atom is 0.180 e. The molecular formula is C15H13Cl2FO3. The highest BCUT2D eigenvalue weighted by atomic mass is 35.5. The lowest BCUT2D eigenvalue weighted by atomic mass is 10.2. The molecule has 0 atom stereocenters. The van der Waals surface area contributed by atoms with E-state index in [4.69, 9.17) is 37.8 Å². The van der Waals surface area contributed by atoms with Gasteiger partial charge in [0.1, 0.15) is 12.4 Å². The molecule has 21 heavy (non-hydrogen) atoms. The smallest absolute Gasteiger partial charge is 0.180 e. The lowest BCUT2D eigenvalue weighted by Crippen LogP contribution is -2.02. The quantitative estimate of drug-likeness (QED) is 0.892. The average Bonchev–Trinajstić information content (AvgIpc) is 2.47. The van der Waals surface area contributed by atoms with Gasteiger partial charge in [-0.05, 0) is 29.8 Å². The number of ether oxygens (including phenoxy) is 2. The third kappa shape index (κ3) is 3.59. The minimum atomic E-state index is -0.454. The van der Waals surface area contributed by atoms with Crippen LogP contribution in [-0.2, 0) is 13.2 Å². The molecule has 0 aliphatic heterocycles. The molecule has 0 unspecified atom stereocenters. The van der Waals surface area contributed by atoms with E-state index in [1.165, 1.54) is 19.2 Å². The monoisotopic (exact) mass is 330 g/mol. The number of halogens is 3. The van der Waals surface area contributed by atoms with Gasteiger partial charge in [0.25, 0.3) is 0 Å². The van der Waals surface area contributed by atoms with Gasteiger partial charge in [0.05, 0.1) is 23.8 Å². The fourth-order valence-corrected chi connectivity index (χ4v) is 2.32. The van der Waals surface area contributed by atoms with Crippen LogP contribution in [0.4, 0.5) is 4.39 Å². The van der Waals surface area contributed by atoms with Crippen molar-refractivity contribution in [1.82, 2.24) is 0 Å². The molecule has 2 aromatic rings. The predicted molar refractivity (Wildman–Crippen MR) is 79.7 cm³/mol. The second-order valence-electron chi connectivity index (χ2n) is 4.26. The minimum Gasteiger partial charge on any atom is -0.493 e. The Morgan fingerprint density at radius 3 is 2.57 bits per heavy atom. The molecule has 0 aromatic heterocycles. The van der Waals surface area contributed by atoms with Gasteiger partial charge in [0.15, 0.2) is 11.5 Å². The van der Waals surface area contributed by atoms with Crippen LogP contribution in [-0.4, -0.2) is 12.2 Å². The van der Waals surface area contributed by atoms with Crippen molar-refractivity contribution in [3.8, 4) is 11.5 Å². The van der Waals surface area contributed by atoms with E-state index in [9.17, 15) is 4.39 Å². The van der Waals surface area contributed by atoms with Crippen molar-refractivity contribution in [2.24, 2.45) is 0 Å². The summed E-state index contributed by atoms with van der Waals surface area (Å²) in [7, 11) is 1.45. The molecule has 112 valence electrons. The molecule has 6 heteroatoms. The topological polar surface area (TPSA) is 38.7 Å². The van der Waals surface area contributed by atoms with E-state index in [1.807, 2.05) is 0 Å². The molecule has 0 heterocycles. The van der Waals surface area contributed by atoms with Gasteiger partial charge in [-0.3, -0.25) is 0 Å². The second kappa shape index (κ2) is 6.98. The van der Waals surface area contributed by atoms with Crippen LogP contribution in [0, 0.1) is 5.82 Å². The van der Waals surface area contributed by atoms with Gasteiger partial charge in [-0.2, -0.15) is 0 Å². The first-order valence-electron chi connectivity index (χ1n) is 6.09. The molecule has 0 aliphatic carbocycles. The Balaban J connectivity index is 2.28. The highest BCUT2D eigenvalue weighted by Gasteiger charge is 2.14. The molecule has 0 bridgehead atoms. The van der Waals surface area contributed by atoms with Gasteiger partial charge in [-0.25, -0.2) is 4.39 Å². The van der Waals surface area contributed by atoms with Gasteiger partial charge in [-0.1, -0.05) is 29.3 Å². The highest BCUT2D eigenvalue weighted by molar-refractivity contribution is 6.32. The zero-order valence-electron chi connectivity index (χ0n) is 11.2. The van der Waals surface area contributed by atoms with Crippen molar-refractivity contribution in [2.45, 2.75) is 13.2 Å². The number of rotatable bonds is 5.